The summed E-state index contributed by atoms with van der Waals surface area (Å²) in [5.41, 5.74) is 7.17. The lowest BCUT2D eigenvalue weighted by atomic mass is 10.1. The number of pyridine rings is 1. The van der Waals surface area contributed by atoms with Gasteiger partial charge in [-0.2, -0.15) is 0 Å². The van der Waals surface area contributed by atoms with Gasteiger partial charge in [0.1, 0.15) is 11.8 Å². The number of amides is 1. The zero-order valence-corrected chi connectivity index (χ0v) is 11.1. The predicted octanol–water partition coefficient (Wildman–Crippen LogP) is 1.76. The summed E-state index contributed by atoms with van der Waals surface area (Å²) < 4.78 is 5.37. The van der Waals surface area contributed by atoms with Crippen molar-refractivity contribution in [1.82, 2.24) is 15.3 Å². The first-order chi connectivity index (χ1) is 8.97. The highest BCUT2D eigenvalue weighted by atomic mass is 16.4. The first-order valence-electron chi connectivity index (χ1n) is 5.92. The second-order valence-corrected chi connectivity index (χ2v) is 4.41. The van der Waals surface area contributed by atoms with Crippen LogP contribution in [-0.2, 0) is 0 Å². The van der Waals surface area contributed by atoms with Gasteiger partial charge in [-0.1, -0.05) is 0 Å². The van der Waals surface area contributed by atoms with Gasteiger partial charge in [-0.3, -0.25) is 9.78 Å². The molecule has 0 saturated carbocycles. The zero-order chi connectivity index (χ0) is 14.0. The van der Waals surface area contributed by atoms with E-state index < -0.39 is 0 Å². The number of oxazole rings is 1. The van der Waals surface area contributed by atoms with E-state index in [4.69, 9.17) is 10.2 Å². The molecule has 1 amide bonds. The van der Waals surface area contributed by atoms with Crippen molar-refractivity contribution in [2.45, 2.75) is 26.8 Å². The van der Waals surface area contributed by atoms with E-state index in [1.807, 2.05) is 0 Å². The van der Waals surface area contributed by atoms with Crippen LogP contribution in [-0.4, -0.2) is 15.9 Å². The van der Waals surface area contributed by atoms with Crippen molar-refractivity contribution in [2.75, 3.05) is 5.73 Å². The average molecular weight is 260 g/mol. The van der Waals surface area contributed by atoms with Gasteiger partial charge in [-0.15, -0.1) is 0 Å². The monoisotopic (exact) mass is 260 g/mol. The van der Waals surface area contributed by atoms with E-state index in [0.29, 0.717) is 28.6 Å². The Bertz CT molecular complexity index is 606. The molecular weight excluding hydrogens is 244 g/mol. The van der Waals surface area contributed by atoms with Crippen molar-refractivity contribution < 1.29 is 9.21 Å². The van der Waals surface area contributed by atoms with Crippen LogP contribution >= 0.6 is 0 Å². The van der Waals surface area contributed by atoms with Crippen molar-refractivity contribution in [3.63, 3.8) is 0 Å². The van der Waals surface area contributed by atoms with Crippen LogP contribution in [0.15, 0.2) is 22.9 Å². The Kier molecular flexibility index (Phi) is 3.50. The second kappa shape index (κ2) is 5.09. The molecule has 0 radical (unpaired) electrons. The molecule has 2 heterocycles. The van der Waals surface area contributed by atoms with Gasteiger partial charge in [0.15, 0.2) is 0 Å². The highest BCUT2D eigenvalue weighted by molar-refractivity contribution is 5.96. The van der Waals surface area contributed by atoms with Gasteiger partial charge < -0.3 is 15.5 Å². The van der Waals surface area contributed by atoms with Crippen molar-refractivity contribution in [3.8, 4) is 0 Å². The molecule has 2 rings (SSSR count). The van der Waals surface area contributed by atoms with Gasteiger partial charge in [0.2, 0.25) is 5.89 Å². The Morgan fingerprint density at radius 1 is 1.37 bits per heavy atom. The van der Waals surface area contributed by atoms with Gasteiger partial charge in [0.25, 0.3) is 5.91 Å². The molecule has 0 spiro atoms. The molecule has 1 atom stereocenters. The average Bonchev–Trinajstić information content (AvgIpc) is 2.79. The number of hydrogen-bond donors (Lipinski definition) is 2. The SMILES string of the molecule is Cc1cnc(C(C)NC(=O)c2cc(N)cnc2C)o1. The summed E-state index contributed by atoms with van der Waals surface area (Å²) in [7, 11) is 0. The van der Waals surface area contributed by atoms with Crippen LogP contribution in [0.1, 0.15) is 40.7 Å². The van der Waals surface area contributed by atoms with E-state index in [9.17, 15) is 4.79 Å². The van der Waals surface area contributed by atoms with E-state index in [1.54, 1.807) is 33.0 Å². The molecule has 0 aliphatic carbocycles. The minimum atomic E-state index is -0.318. The normalized spacial score (nSPS) is 12.2. The number of nitrogens with one attached hydrogen (secondary N) is 1. The summed E-state index contributed by atoms with van der Waals surface area (Å²) in [6, 6.07) is 1.28. The zero-order valence-electron chi connectivity index (χ0n) is 11.1. The van der Waals surface area contributed by atoms with Crippen LogP contribution in [0.3, 0.4) is 0 Å². The summed E-state index contributed by atoms with van der Waals surface area (Å²) in [6.45, 7) is 5.36. The Labute approximate surface area is 111 Å². The second-order valence-electron chi connectivity index (χ2n) is 4.41. The standard InChI is InChI=1S/C13H16N4O2/c1-7-5-16-13(19-7)9(3)17-12(18)11-4-10(14)6-15-8(11)2/h4-6,9H,14H2,1-3H3,(H,17,18). The minimum Gasteiger partial charge on any atom is -0.444 e. The molecule has 2 aromatic rings. The fourth-order valence-corrected chi connectivity index (χ4v) is 1.69. The van der Waals surface area contributed by atoms with Crippen LogP contribution in [0.2, 0.25) is 0 Å². The van der Waals surface area contributed by atoms with Gasteiger partial charge in [-0.05, 0) is 26.8 Å². The summed E-state index contributed by atoms with van der Waals surface area (Å²) >= 11 is 0. The van der Waals surface area contributed by atoms with E-state index in [0.717, 1.165) is 0 Å². The fraction of sp³-hybridized carbons (Fsp3) is 0.308. The Hall–Kier alpha value is -2.37. The molecule has 2 aromatic heterocycles. The number of aromatic nitrogens is 2. The Morgan fingerprint density at radius 2 is 2.11 bits per heavy atom. The van der Waals surface area contributed by atoms with E-state index in [1.165, 1.54) is 6.20 Å². The molecule has 0 fully saturated rings. The molecule has 100 valence electrons. The largest absolute Gasteiger partial charge is 0.444 e. The molecule has 0 aliphatic heterocycles. The van der Waals surface area contributed by atoms with E-state index in [-0.39, 0.29) is 11.9 Å². The quantitative estimate of drug-likeness (QED) is 0.876. The lowest BCUT2D eigenvalue weighted by molar-refractivity contribution is 0.0933. The Balaban J connectivity index is 2.15. The first-order valence-corrected chi connectivity index (χ1v) is 5.92. The number of nitrogens with two attached hydrogens (primary N) is 1. The molecule has 6 heteroatoms. The molecule has 0 saturated heterocycles. The topological polar surface area (TPSA) is 94.0 Å². The highest BCUT2D eigenvalue weighted by Crippen LogP contribution is 2.15. The van der Waals surface area contributed by atoms with Crippen LogP contribution in [0, 0.1) is 13.8 Å². The minimum absolute atomic E-state index is 0.249. The van der Waals surface area contributed by atoms with Gasteiger partial charge in [0.05, 0.1) is 29.3 Å². The molecule has 6 nitrogen and oxygen atoms in total. The maximum atomic E-state index is 12.1. The molecule has 19 heavy (non-hydrogen) atoms. The van der Waals surface area contributed by atoms with Crippen molar-refractivity contribution in [3.05, 3.63) is 41.4 Å². The molecule has 0 aliphatic rings. The number of nitrogens with zero attached hydrogens (tertiary/aromatic N) is 2. The maximum Gasteiger partial charge on any atom is 0.253 e. The summed E-state index contributed by atoms with van der Waals surface area (Å²) in [5.74, 6) is 0.930. The molecule has 1 unspecified atom stereocenters. The molecule has 3 N–H and O–H groups in total. The number of anilines is 1. The third kappa shape index (κ3) is 2.90. The maximum absolute atomic E-state index is 12.1. The third-order valence-corrected chi connectivity index (χ3v) is 2.71. The number of carbonyl (C=O) groups excluding carboxylic acids is 1. The summed E-state index contributed by atoms with van der Waals surface area (Å²) in [6.07, 6.45) is 3.14. The molecular formula is C13H16N4O2. The number of nitrogen functional groups attached to an aromatic ring is 1. The van der Waals surface area contributed by atoms with Crippen molar-refractivity contribution in [1.29, 1.82) is 0 Å². The lowest BCUT2D eigenvalue weighted by Gasteiger charge is -2.12. The van der Waals surface area contributed by atoms with Crippen molar-refractivity contribution >= 4 is 11.6 Å². The predicted molar refractivity (Wildman–Crippen MR) is 70.5 cm³/mol. The number of hydrogen-bond acceptors (Lipinski definition) is 5. The lowest BCUT2D eigenvalue weighted by Crippen LogP contribution is -2.27. The summed E-state index contributed by atoms with van der Waals surface area (Å²) in [5, 5.41) is 2.80. The third-order valence-electron chi connectivity index (χ3n) is 2.71. The van der Waals surface area contributed by atoms with Crippen LogP contribution < -0.4 is 11.1 Å². The first kappa shape index (κ1) is 13.1. The van der Waals surface area contributed by atoms with Gasteiger partial charge >= 0.3 is 0 Å². The Morgan fingerprint density at radius 3 is 2.74 bits per heavy atom. The number of aryl methyl sites for hydroxylation is 2. The number of rotatable bonds is 3. The van der Waals surface area contributed by atoms with Crippen molar-refractivity contribution in [2.24, 2.45) is 0 Å². The van der Waals surface area contributed by atoms with E-state index in [2.05, 4.69) is 15.3 Å². The fourth-order valence-electron chi connectivity index (χ4n) is 1.69. The van der Waals surface area contributed by atoms with Crippen LogP contribution in [0.4, 0.5) is 5.69 Å². The van der Waals surface area contributed by atoms with Gasteiger partial charge in [0, 0.05) is 0 Å². The number of carbonyl (C=O) groups is 1. The highest BCUT2D eigenvalue weighted by Gasteiger charge is 2.17. The molecule has 0 aromatic carbocycles. The van der Waals surface area contributed by atoms with Gasteiger partial charge in [-0.25, -0.2) is 4.98 Å². The molecule has 0 bridgehead atoms. The van der Waals surface area contributed by atoms with E-state index >= 15 is 0 Å². The smallest absolute Gasteiger partial charge is 0.253 e. The summed E-state index contributed by atoms with van der Waals surface area (Å²) in [4.78, 5) is 20.3. The van der Waals surface area contributed by atoms with Crippen LogP contribution in [0.25, 0.3) is 0 Å². The van der Waals surface area contributed by atoms with Crippen LogP contribution in [0.5, 0.6) is 0 Å².